The molecule has 0 N–H and O–H groups in total. The predicted octanol–water partition coefficient (Wildman–Crippen LogP) is 2.94. The molecule has 0 aromatic heterocycles. The van der Waals surface area contributed by atoms with E-state index in [1.807, 2.05) is 6.07 Å². The van der Waals surface area contributed by atoms with Gasteiger partial charge in [0.2, 0.25) is 6.08 Å². The molecule has 0 aliphatic rings. The molecule has 0 amide bonds. The van der Waals surface area contributed by atoms with E-state index in [4.69, 9.17) is 16.9 Å². The minimum Gasteiger partial charge on any atom is -0.211 e. The molecule has 1 aromatic carbocycles. The molecule has 1 aromatic rings. The maximum Gasteiger partial charge on any atom is 0.240 e. The van der Waals surface area contributed by atoms with Gasteiger partial charge in [-0.25, -0.2) is 4.79 Å². The van der Waals surface area contributed by atoms with Crippen molar-refractivity contribution in [3.05, 3.63) is 27.2 Å². The predicted molar refractivity (Wildman–Crippen MR) is 51.6 cm³/mol. The van der Waals surface area contributed by atoms with Crippen molar-refractivity contribution in [3.63, 3.8) is 0 Å². The number of nitrogens with zero attached hydrogens (tertiary/aromatic N) is 2. The molecule has 5 heteroatoms. The Kier molecular flexibility index (Phi) is 3.21. The molecule has 0 spiro atoms. The molecule has 64 valence electrons. The van der Waals surface area contributed by atoms with Crippen molar-refractivity contribution in [1.82, 2.24) is 0 Å². The molecule has 0 heterocycles. The van der Waals surface area contributed by atoms with E-state index in [1.54, 1.807) is 0 Å². The van der Waals surface area contributed by atoms with Crippen LogP contribution in [-0.2, 0) is 4.79 Å². The quantitative estimate of drug-likeness (QED) is 0.574. The van der Waals surface area contributed by atoms with Gasteiger partial charge in [0.25, 0.3) is 0 Å². The topological polar surface area (TPSA) is 53.2 Å². The first-order chi connectivity index (χ1) is 6.19. The van der Waals surface area contributed by atoms with Gasteiger partial charge in [-0.2, -0.15) is 10.3 Å². The first-order valence-corrected chi connectivity index (χ1v) is 4.33. The summed E-state index contributed by atoms with van der Waals surface area (Å²) in [5.74, 6) is 0. The van der Waals surface area contributed by atoms with Crippen LogP contribution in [0.2, 0.25) is 5.02 Å². The van der Waals surface area contributed by atoms with E-state index in [-0.39, 0.29) is 10.7 Å². The van der Waals surface area contributed by atoms with Gasteiger partial charge in [-0.15, -0.1) is 0 Å². The maximum absolute atomic E-state index is 10.00. The normalized spacial score (nSPS) is 8.69. The minimum absolute atomic E-state index is 0.245. The average molecular weight is 257 g/mol. The highest BCUT2D eigenvalue weighted by atomic mass is 79.9. The van der Waals surface area contributed by atoms with Crippen molar-refractivity contribution < 1.29 is 4.79 Å². The fourth-order valence-corrected chi connectivity index (χ4v) is 1.71. The lowest BCUT2D eigenvalue weighted by Crippen LogP contribution is -1.77. The van der Waals surface area contributed by atoms with Crippen LogP contribution in [0, 0.1) is 11.3 Å². The third kappa shape index (κ3) is 2.16. The van der Waals surface area contributed by atoms with E-state index in [1.165, 1.54) is 18.2 Å². The summed E-state index contributed by atoms with van der Waals surface area (Å²) in [6, 6.07) is 4.89. The molecule has 0 aliphatic heterocycles. The van der Waals surface area contributed by atoms with Gasteiger partial charge in [-0.1, -0.05) is 11.6 Å². The van der Waals surface area contributed by atoms with Crippen LogP contribution in [0.4, 0.5) is 5.69 Å². The Bertz CT molecular complexity index is 409. The highest BCUT2D eigenvalue weighted by molar-refractivity contribution is 9.10. The van der Waals surface area contributed by atoms with Crippen LogP contribution in [0.1, 0.15) is 5.56 Å². The van der Waals surface area contributed by atoms with Crippen LogP contribution in [0.15, 0.2) is 21.6 Å². The minimum atomic E-state index is 0.245. The fraction of sp³-hybridized carbons (Fsp3) is 0. The second-order valence-corrected chi connectivity index (χ2v) is 3.36. The Labute approximate surface area is 87.8 Å². The van der Waals surface area contributed by atoms with Crippen LogP contribution in [0.5, 0.6) is 0 Å². The number of aliphatic imine (C=N–C) groups is 1. The molecule has 0 saturated carbocycles. The zero-order chi connectivity index (χ0) is 9.84. The Hall–Kier alpha value is -1.14. The standard InChI is InChI=1S/C8H2BrClN2O/c9-6-1-5(3-11)2-7(10)8(6)12-4-13/h1-2H. The number of rotatable bonds is 1. The molecular weight excluding hydrogens is 255 g/mol. The van der Waals surface area contributed by atoms with Crippen molar-refractivity contribution in [3.8, 4) is 6.07 Å². The monoisotopic (exact) mass is 256 g/mol. The summed E-state index contributed by atoms with van der Waals surface area (Å²) in [7, 11) is 0. The second kappa shape index (κ2) is 4.20. The molecule has 0 radical (unpaired) electrons. The zero-order valence-corrected chi connectivity index (χ0v) is 8.56. The van der Waals surface area contributed by atoms with Crippen LogP contribution in [0.3, 0.4) is 0 Å². The molecular formula is C8H2BrClN2O. The highest BCUT2D eigenvalue weighted by Gasteiger charge is 2.06. The summed E-state index contributed by atoms with van der Waals surface area (Å²) < 4.78 is 0.500. The van der Waals surface area contributed by atoms with Gasteiger partial charge in [-0.05, 0) is 28.1 Å². The molecule has 1 rings (SSSR count). The van der Waals surface area contributed by atoms with E-state index in [0.29, 0.717) is 10.0 Å². The lowest BCUT2D eigenvalue weighted by atomic mass is 10.2. The summed E-state index contributed by atoms with van der Waals surface area (Å²) >= 11 is 8.87. The van der Waals surface area contributed by atoms with Gasteiger partial charge in [0, 0.05) is 4.47 Å². The van der Waals surface area contributed by atoms with Crippen LogP contribution in [0.25, 0.3) is 0 Å². The number of benzene rings is 1. The summed E-state index contributed by atoms with van der Waals surface area (Å²) in [5.41, 5.74) is 0.692. The number of halogens is 2. The van der Waals surface area contributed by atoms with E-state index in [2.05, 4.69) is 20.9 Å². The van der Waals surface area contributed by atoms with Gasteiger partial charge in [-0.3, -0.25) is 0 Å². The molecule has 0 fully saturated rings. The molecule has 0 aliphatic carbocycles. The number of carbonyl (C=O) groups excluding carboxylic acids is 1. The van der Waals surface area contributed by atoms with Crippen molar-refractivity contribution >= 4 is 39.3 Å². The van der Waals surface area contributed by atoms with Gasteiger partial charge in [0.05, 0.1) is 16.7 Å². The average Bonchev–Trinajstić information content (AvgIpc) is 2.11. The Balaban J connectivity index is 3.41. The summed E-state index contributed by atoms with van der Waals surface area (Å²) in [6.45, 7) is 0. The molecule has 0 atom stereocenters. The molecule has 0 bridgehead atoms. The molecule has 0 unspecified atom stereocenters. The zero-order valence-electron chi connectivity index (χ0n) is 6.21. The highest BCUT2D eigenvalue weighted by Crippen LogP contribution is 2.33. The molecule has 0 saturated heterocycles. The van der Waals surface area contributed by atoms with Crippen molar-refractivity contribution in [2.75, 3.05) is 0 Å². The number of nitriles is 1. The molecule has 13 heavy (non-hydrogen) atoms. The van der Waals surface area contributed by atoms with Gasteiger partial charge in [0.1, 0.15) is 5.69 Å². The van der Waals surface area contributed by atoms with Crippen LogP contribution in [-0.4, -0.2) is 6.08 Å². The smallest absolute Gasteiger partial charge is 0.211 e. The van der Waals surface area contributed by atoms with Crippen LogP contribution >= 0.6 is 27.5 Å². The third-order valence-corrected chi connectivity index (χ3v) is 2.20. The van der Waals surface area contributed by atoms with Gasteiger partial charge in [0.15, 0.2) is 0 Å². The van der Waals surface area contributed by atoms with E-state index >= 15 is 0 Å². The summed E-state index contributed by atoms with van der Waals surface area (Å²) in [6.07, 6.45) is 1.38. The van der Waals surface area contributed by atoms with Crippen molar-refractivity contribution in [1.29, 1.82) is 5.26 Å². The van der Waals surface area contributed by atoms with Crippen LogP contribution < -0.4 is 0 Å². The maximum atomic E-state index is 10.00. The fourth-order valence-electron chi connectivity index (χ4n) is 0.783. The Morgan fingerprint density at radius 3 is 2.69 bits per heavy atom. The lowest BCUT2D eigenvalue weighted by molar-refractivity contribution is 0.565. The second-order valence-electron chi connectivity index (χ2n) is 2.10. The van der Waals surface area contributed by atoms with E-state index in [9.17, 15) is 4.79 Å². The summed E-state index contributed by atoms with van der Waals surface area (Å²) in [5, 5.41) is 8.81. The SMILES string of the molecule is N#Cc1cc(Cl)c(N=C=O)c(Br)c1. The first kappa shape index (κ1) is 9.94. The van der Waals surface area contributed by atoms with Gasteiger partial charge < -0.3 is 0 Å². The number of hydrogen-bond donors (Lipinski definition) is 0. The van der Waals surface area contributed by atoms with Gasteiger partial charge >= 0.3 is 0 Å². The van der Waals surface area contributed by atoms with E-state index in [0.717, 1.165) is 0 Å². The number of isocyanates is 1. The molecule has 3 nitrogen and oxygen atoms in total. The largest absolute Gasteiger partial charge is 0.240 e. The lowest BCUT2D eigenvalue weighted by Gasteiger charge is -1.99. The van der Waals surface area contributed by atoms with Crippen molar-refractivity contribution in [2.24, 2.45) is 4.99 Å². The van der Waals surface area contributed by atoms with E-state index < -0.39 is 0 Å². The number of hydrogen-bond acceptors (Lipinski definition) is 3. The summed E-state index contributed by atoms with van der Waals surface area (Å²) in [4.78, 5) is 13.4. The Morgan fingerprint density at radius 1 is 1.54 bits per heavy atom. The first-order valence-electron chi connectivity index (χ1n) is 3.16. The third-order valence-electron chi connectivity index (χ3n) is 1.30. The van der Waals surface area contributed by atoms with Crippen molar-refractivity contribution in [2.45, 2.75) is 0 Å². The Morgan fingerprint density at radius 2 is 2.23 bits per heavy atom.